The van der Waals surface area contributed by atoms with Crippen LogP contribution in [0.15, 0.2) is 12.4 Å². The Bertz CT molecular complexity index is 466. The van der Waals surface area contributed by atoms with Gasteiger partial charge in [0.15, 0.2) is 0 Å². The Morgan fingerprint density at radius 2 is 2.10 bits per heavy atom. The van der Waals surface area contributed by atoms with E-state index >= 15 is 0 Å². The summed E-state index contributed by atoms with van der Waals surface area (Å²) in [5.41, 5.74) is 0.646. The molecule has 3 rings (SSSR count). The Hall–Kier alpha value is -1.42. The monoisotopic (exact) mass is 275 g/mol. The molecule has 0 spiro atoms. The van der Waals surface area contributed by atoms with Gasteiger partial charge in [-0.3, -0.25) is 14.5 Å². The zero-order valence-corrected chi connectivity index (χ0v) is 11.7. The lowest BCUT2D eigenvalue weighted by atomic mass is 10.1. The van der Waals surface area contributed by atoms with Crippen molar-refractivity contribution in [1.29, 1.82) is 5.26 Å². The molecule has 2 fully saturated rings. The van der Waals surface area contributed by atoms with E-state index in [0.717, 1.165) is 58.9 Å². The molecule has 0 aromatic carbocycles. The van der Waals surface area contributed by atoms with Gasteiger partial charge < -0.3 is 4.74 Å². The molecule has 0 saturated carbocycles. The molecule has 0 N–H and O–H groups in total. The molecule has 0 bridgehead atoms. The van der Waals surface area contributed by atoms with Crippen LogP contribution in [0.25, 0.3) is 0 Å². The summed E-state index contributed by atoms with van der Waals surface area (Å²) in [6, 6.07) is 2.56. The van der Waals surface area contributed by atoms with Crippen LogP contribution >= 0.6 is 0 Å². The Labute approximate surface area is 119 Å². The number of aromatic nitrogens is 2. The van der Waals surface area contributed by atoms with E-state index in [0.29, 0.717) is 11.6 Å². The number of rotatable bonds is 4. The van der Waals surface area contributed by atoms with Crippen molar-refractivity contribution in [3.05, 3.63) is 18.0 Å². The lowest BCUT2D eigenvalue weighted by molar-refractivity contribution is 0.0822. The van der Waals surface area contributed by atoms with E-state index in [1.807, 2.05) is 10.9 Å². The van der Waals surface area contributed by atoms with Crippen molar-refractivity contribution in [2.24, 2.45) is 0 Å². The second kappa shape index (κ2) is 6.35. The molecule has 1 aromatic rings. The van der Waals surface area contributed by atoms with Crippen molar-refractivity contribution < 1.29 is 4.74 Å². The molecule has 0 atom stereocenters. The standard InChI is InChI=1S/C14H21N5O/c15-8-13-9-16-19(10-13)14-11-18(12-14)4-3-17-2-1-6-20-7-5-17/h9-10,14H,1-7,11-12H2. The summed E-state index contributed by atoms with van der Waals surface area (Å²) in [6.45, 7) is 8.30. The van der Waals surface area contributed by atoms with Gasteiger partial charge in [0, 0.05) is 52.1 Å². The normalized spacial score (nSPS) is 22.1. The number of likely N-dealkylation sites (tertiary alicyclic amines) is 1. The zero-order chi connectivity index (χ0) is 13.8. The van der Waals surface area contributed by atoms with E-state index < -0.39 is 0 Å². The van der Waals surface area contributed by atoms with Crippen LogP contribution < -0.4 is 0 Å². The van der Waals surface area contributed by atoms with E-state index in [9.17, 15) is 0 Å². The summed E-state index contributed by atoms with van der Waals surface area (Å²) in [6.07, 6.45) is 4.63. The molecule has 0 amide bonds. The van der Waals surface area contributed by atoms with Crippen LogP contribution in [0, 0.1) is 11.3 Å². The highest BCUT2D eigenvalue weighted by atomic mass is 16.5. The summed E-state index contributed by atoms with van der Waals surface area (Å²) >= 11 is 0. The van der Waals surface area contributed by atoms with Crippen LogP contribution in [0.5, 0.6) is 0 Å². The third kappa shape index (κ3) is 3.18. The average Bonchev–Trinajstić information content (AvgIpc) is 2.73. The molecule has 2 aliphatic rings. The summed E-state index contributed by atoms with van der Waals surface area (Å²) in [4.78, 5) is 4.94. The highest BCUT2D eigenvalue weighted by molar-refractivity contribution is 5.22. The van der Waals surface area contributed by atoms with Crippen molar-refractivity contribution in [1.82, 2.24) is 19.6 Å². The van der Waals surface area contributed by atoms with E-state index in [1.165, 1.54) is 0 Å². The molecule has 6 nitrogen and oxygen atoms in total. The fraction of sp³-hybridized carbons (Fsp3) is 0.714. The van der Waals surface area contributed by atoms with E-state index in [1.54, 1.807) is 6.20 Å². The Kier molecular flexibility index (Phi) is 4.31. The molecule has 3 heterocycles. The van der Waals surface area contributed by atoms with E-state index in [-0.39, 0.29) is 0 Å². The lowest BCUT2D eigenvalue weighted by Crippen LogP contribution is -2.50. The molecular weight excluding hydrogens is 254 g/mol. The summed E-state index contributed by atoms with van der Waals surface area (Å²) in [5, 5.41) is 13.0. The highest BCUT2D eigenvalue weighted by Crippen LogP contribution is 2.20. The Morgan fingerprint density at radius 3 is 2.90 bits per heavy atom. The number of hydrogen-bond donors (Lipinski definition) is 0. The third-order valence-corrected chi connectivity index (χ3v) is 4.09. The summed E-state index contributed by atoms with van der Waals surface area (Å²) in [7, 11) is 0. The van der Waals surface area contributed by atoms with Crippen LogP contribution in [-0.4, -0.2) is 72.1 Å². The van der Waals surface area contributed by atoms with Crippen LogP contribution in [0.1, 0.15) is 18.0 Å². The first kappa shape index (κ1) is 13.6. The quantitative estimate of drug-likeness (QED) is 0.793. The minimum atomic E-state index is 0.435. The molecule has 108 valence electrons. The fourth-order valence-electron chi connectivity index (χ4n) is 2.79. The fourth-order valence-corrected chi connectivity index (χ4v) is 2.79. The van der Waals surface area contributed by atoms with Crippen molar-refractivity contribution in [3.8, 4) is 6.07 Å². The first-order valence-electron chi connectivity index (χ1n) is 7.32. The predicted molar refractivity (Wildman–Crippen MR) is 74.3 cm³/mol. The second-order valence-electron chi connectivity index (χ2n) is 5.54. The predicted octanol–water partition coefficient (Wildman–Crippen LogP) is 0.334. The topological polar surface area (TPSA) is 57.3 Å². The molecule has 0 radical (unpaired) electrons. The smallest absolute Gasteiger partial charge is 0.102 e. The van der Waals surface area contributed by atoms with Crippen molar-refractivity contribution in [3.63, 3.8) is 0 Å². The molecule has 0 aliphatic carbocycles. The van der Waals surface area contributed by atoms with Crippen LogP contribution in [0.3, 0.4) is 0 Å². The number of nitrogens with zero attached hydrogens (tertiary/aromatic N) is 5. The number of nitriles is 1. The maximum absolute atomic E-state index is 8.80. The van der Waals surface area contributed by atoms with Crippen LogP contribution in [0.2, 0.25) is 0 Å². The first-order chi connectivity index (χ1) is 9.85. The van der Waals surface area contributed by atoms with Gasteiger partial charge in [-0.15, -0.1) is 0 Å². The van der Waals surface area contributed by atoms with Gasteiger partial charge in [-0.1, -0.05) is 0 Å². The SMILES string of the molecule is N#Cc1cnn(C2CN(CCN3CCCOCC3)C2)c1. The van der Waals surface area contributed by atoms with E-state index in [2.05, 4.69) is 21.0 Å². The molecule has 2 aliphatic heterocycles. The lowest BCUT2D eigenvalue weighted by Gasteiger charge is -2.40. The number of ether oxygens (including phenoxy) is 1. The van der Waals surface area contributed by atoms with Gasteiger partial charge >= 0.3 is 0 Å². The average molecular weight is 275 g/mol. The van der Waals surface area contributed by atoms with Crippen LogP contribution in [-0.2, 0) is 4.74 Å². The second-order valence-corrected chi connectivity index (χ2v) is 5.54. The molecular formula is C14H21N5O. The highest BCUT2D eigenvalue weighted by Gasteiger charge is 2.28. The van der Waals surface area contributed by atoms with Crippen molar-refractivity contribution in [2.75, 3.05) is 52.5 Å². The van der Waals surface area contributed by atoms with E-state index in [4.69, 9.17) is 10.00 Å². The minimum Gasteiger partial charge on any atom is -0.380 e. The molecule has 2 saturated heterocycles. The molecule has 20 heavy (non-hydrogen) atoms. The van der Waals surface area contributed by atoms with Gasteiger partial charge in [-0.05, 0) is 6.42 Å². The van der Waals surface area contributed by atoms with Crippen molar-refractivity contribution in [2.45, 2.75) is 12.5 Å². The summed E-state index contributed by atoms with van der Waals surface area (Å²) in [5.74, 6) is 0. The van der Waals surface area contributed by atoms with Gasteiger partial charge in [-0.2, -0.15) is 10.4 Å². The van der Waals surface area contributed by atoms with Crippen molar-refractivity contribution >= 4 is 0 Å². The minimum absolute atomic E-state index is 0.435. The first-order valence-corrected chi connectivity index (χ1v) is 7.32. The van der Waals surface area contributed by atoms with Gasteiger partial charge in [0.1, 0.15) is 6.07 Å². The maximum Gasteiger partial charge on any atom is 0.102 e. The molecule has 6 heteroatoms. The molecule has 1 aromatic heterocycles. The Morgan fingerprint density at radius 1 is 1.25 bits per heavy atom. The summed E-state index contributed by atoms with van der Waals surface area (Å²) < 4.78 is 7.39. The van der Waals surface area contributed by atoms with Gasteiger partial charge in [-0.25, -0.2) is 0 Å². The third-order valence-electron chi connectivity index (χ3n) is 4.09. The number of hydrogen-bond acceptors (Lipinski definition) is 5. The zero-order valence-electron chi connectivity index (χ0n) is 11.7. The van der Waals surface area contributed by atoms with Crippen LogP contribution in [0.4, 0.5) is 0 Å². The van der Waals surface area contributed by atoms with Gasteiger partial charge in [0.25, 0.3) is 0 Å². The Balaban J connectivity index is 1.38. The van der Waals surface area contributed by atoms with Gasteiger partial charge in [0.05, 0.1) is 24.4 Å². The maximum atomic E-state index is 8.80. The van der Waals surface area contributed by atoms with Gasteiger partial charge in [0.2, 0.25) is 0 Å². The largest absolute Gasteiger partial charge is 0.380 e. The molecule has 0 unspecified atom stereocenters.